The van der Waals surface area contributed by atoms with E-state index in [1.165, 1.54) is 11.1 Å². The van der Waals surface area contributed by atoms with Gasteiger partial charge in [-0.3, -0.25) is 0 Å². The van der Waals surface area contributed by atoms with Crippen molar-refractivity contribution >= 4 is 0 Å². The molecule has 0 saturated carbocycles. The van der Waals surface area contributed by atoms with Crippen molar-refractivity contribution in [3.63, 3.8) is 0 Å². The van der Waals surface area contributed by atoms with E-state index in [4.69, 9.17) is 24.9 Å². The van der Waals surface area contributed by atoms with Crippen LogP contribution in [0.1, 0.15) is 0 Å². The second kappa shape index (κ2) is 16.4. The zero-order chi connectivity index (χ0) is 40.1. The van der Waals surface area contributed by atoms with Gasteiger partial charge in [0, 0.05) is 33.4 Å². The summed E-state index contributed by atoms with van der Waals surface area (Å²) in [5.74, 6) is 2.54. The molecule has 0 aliphatic heterocycles. The van der Waals surface area contributed by atoms with E-state index in [0.717, 1.165) is 67.0 Å². The van der Waals surface area contributed by atoms with Crippen molar-refractivity contribution in [3.8, 4) is 101 Å². The van der Waals surface area contributed by atoms with Gasteiger partial charge in [-0.1, -0.05) is 206 Å². The molecule has 0 fully saturated rings. The molecule has 0 aliphatic carbocycles. The summed E-state index contributed by atoms with van der Waals surface area (Å²) in [5.41, 5.74) is 14.1. The molecule has 0 saturated heterocycles. The highest BCUT2D eigenvalue weighted by atomic mass is 15.0. The molecule has 2 aromatic heterocycles. The minimum Gasteiger partial charge on any atom is -0.228 e. The third-order valence-corrected chi connectivity index (χ3v) is 10.6. The van der Waals surface area contributed by atoms with Crippen LogP contribution in [-0.4, -0.2) is 24.9 Å². The molecule has 10 rings (SSSR count). The monoisotopic (exact) mass is 767 g/mol. The van der Waals surface area contributed by atoms with Crippen LogP contribution in [0.5, 0.6) is 0 Å². The first-order valence-electron chi connectivity index (χ1n) is 20.0. The van der Waals surface area contributed by atoms with Gasteiger partial charge in [0.25, 0.3) is 0 Å². The van der Waals surface area contributed by atoms with Gasteiger partial charge in [0.15, 0.2) is 23.3 Å². The molecular formula is C55H37N5. The normalized spacial score (nSPS) is 11.0. The molecule has 2 heterocycles. The molecule has 0 spiro atoms. The SMILES string of the molecule is c1ccc(-c2nc(-c3cccc(-c4cccc(-c5nc(-c6ccccc6)nc(-c6ccccc6)n5)c4)c3)cc(-c3ccccc3-c3ccccc3-c3ccccc3)n2)cc1. The lowest BCUT2D eigenvalue weighted by Gasteiger charge is -2.16. The maximum absolute atomic E-state index is 5.24. The van der Waals surface area contributed by atoms with Gasteiger partial charge in [-0.05, 0) is 51.6 Å². The molecular weight excluding hydrogens is 731 g/mol. The number of benzene rings is 8. The first-order chi connectivity index (χ1) is 29.7. The summed E-state index contributed by atoms with van der Waals surface area (Å²) < 4.78 is 0. The molecule has 0 bridgehead atoms. The zero-order valence-corrected chi connectivity index (χ0v) is 32.6. The molecule has 0 N–H and O–H groups in total. The highest BCUT2D eigenvalue weighted by Crippen LogP contribution is 2.39. The minimum absolute atomic E-state index is 0.612. The van der Waals surface area contributed by atoms with Gasteiger partial charge in [0.1, 0.15) is 0 Å². The zero-order valence-electron chi connectivity index (χ0n) is 32.6. The fourth-order valence-corrected chi connectivity index (χ4v) is 7.61. The Labute approximate surface area is 349 Å². The van der Waals surface area contributed by atoms with Gasteiger partial charge >= 0.3 is 0 Å². The van der Waals surface area contributed by atoms with Crippen LogP contribution >= 0.6 is 0 Å². The Morgan fingerprint density at radius 2 is 0.517 bits per heavy atom. The predicted octanol–water partition coefficient (Wildman–Crippen LogP) is 13.7. The Balaban J connectivity index is 1.07. The lowest BCUT2D eigenvalue weighted by molar-refractivity contribution is 1.07. The summed E-state index contributed by atoms with van der Waals surface area (Å²) in [7, 11) is 0. The third-order valence-electron chi connectivity index (χ3n) is 10.6. The Morgan fingerprint density at radius 3 is 1.05 bits per heavy atom. The predicted molar refractivity (Wildman–Crippen MR) is 244 cm³/mol. The van der Waals surface area contributed by atoms with Crippen molar-refractivity contribution in [1.82, 2.24) is 24.9 Å². The largest absolute Gasteiger partial charge is 0.228 e. The van der Waals surface area contributed by atoms with Crippen LogP contribution in [0.25, 0.3) is 101 Å². The smallest absolute Gasteiger partial charge is 0.164 e. The van der Waals surface area contributed by atoms with Crippen LogP contribution in [0.4, 0.5) is 0 Å². The topological polar surface area (TPSA) is 64.5 Å². The fourth-order valence-electron chi connectivity index (χ4n) is 7.61. The van der Waals surface area contributed by atoms with E-state index in [2.05, 4.69) is 146 Å². The summed E-state index contributed by atoms with van der Waals surface area (Å²) >= 11 is 0. The van der Waals surface area contributed by atoms with Crippen LogP contribution < -0.4 is 0 Å². The van der Waals surface area contributed by atoms with E-state index in [9.17, 15) is 0 Å². The quantitative estimate of drug-likeness (QED) is 0.146. The number of hydrogen-bond acceptors (Lipinski definition) is 5. The van der Waals surface area contributed by atoms with E-state index < -0.39 is 0 Å². The van der Waals surface area contributed by atoms with Gasteiger partial charge in [-0.2, -0.15) is 0 Å². The average Bonchev–Trinajstić information content (AvgIpc) is 3.35. The molecule has 282 valence electrons. The van der Waals surface area contributed by atoms with E-state index in [1.807, 2.05) is 78.9 Å². The summed E-state index contributed by atoms with van der Waals surface area (Å²) in [6.45, 7) is 0. The Hall–Kier alpha value is -8.15. The van der Waals surface area contributed by atoms with Crippen molar-refractivity contribution in [2.24, 2.45) is 0 Å². The molecule has 10 aromatic rings. The highest BCUT2D eigenvalue weighted by molar-refractivity contribution is 5.92. The molecule has 8 aromatic carbocycles. The molecule has 60 heavy (non-hydrogen) atoms. The van der Waals surface area contributed by atoms with E-state index in [1.54, 1.807) is 0 Å². The standard InChI is InChI=1S/C55H37N5/c1-5-19-38(20-6-1)46-31-13-14-32-47(46)48-33-15-16-34-49(48)51-37-50(56-52(57-51)39-21-7-2-8-22-39)44-29-17-27-42(35-44)43-28-18-30-45(36-43)55-59-53(40-23-9-3-10-24-40)58-54(60-55)41-25-11-4-12-26-41/h1-37H. The Bertz CT molecular complexity index is 3020. The van der Waals surface area contributed by atoms with Gasteiger partial charge < -0.3 is 0 Å². The number of nitrogens with zero attached hydrogens (tertiary/aromatic N) is 5. The summed E-state index contributed by atoms with van der Waals surface area (Å²) in [6, 6.07) is 77.0. The van der Waals surface area contributed by atoms with Gasteiger partial charge in [0.2, 0.25) is 0 Å². The second-order valence-electron chi connectivity index (χ2n) is 14.5. The molecule has 5 nitrogen and oxygen atoms in total. The molecule has 0 aliphatic rings. The van der Waals surface area contributed by atoms with E-state index in [-0.39, 0.29) is 0 Å². The molecule has 5 heteroatoms. The molecule has 0 atom stereocenters. The Morgan fingerprint density at radius 1 is 0.183 bits per heavy atom. The van der Waals surface area contributed by atoms with E-state index >= 15 is 0 Å². The molecule has 0 radical (unpaired) electrons. The maximum atomic E-state index is 5.24. The van der Waals surface area contributed by atoms with Crippen LogP contribution in [0.15, 0.2) is 224 Å². The molecule has 0 unspecified atom stereocenters. The lowest BCUT2D eigenvalue weighted by Crippen LogP contribution is -2.00. The van der Waals surface area contributed by atoms with Crippen molar-refractivity contribution < 1.29 is 0 Å². The first-order valence-corrected chi connectivity index (χ1v) is 20.0. The van der Waals surface area contributed by atoms with Crippen molar-refractivity contribution in [2.45, 2.75) is 0 Å². The molecule has 0 amide bonds. The van der Waals surface area contributed by atoms with Crippen molar-refractivity contribution in [3.05, 3.63) is 224 Å². The number of aromatic nitrogens is 5. The first kappa shape index (κ1) is 36.2. The lowest BCUT2D eigenvalue weighted by atomic mass is 9.90. The summed E-state index contributed by atoms with van der Waals surface area (Å²) in [5, 5.41) is 0. The van der Waals surface area contributed by atoms with Crippen LogP contribution in [0.3, 0.4) is 0 Å². The van der Waals surface area contributed by atoms with Gasteiger partial charge in [0.05, 0.1) is 11.4 Å². The van der Waals surface area contributed by atoms with Crippen LogP contribution in [-0.2, 0) is 0 Å². The van der Waals surface area contributed by atoms with Crippen LogP contribution in [0.2, 0.25) is 0 Å². The van der Waals surface area contributed by atoms with Gasteiger partial charge in [-0.15, -0.1) is 0 Å². The fraction of sp³-hybridized carbons (Fsp3) is 0. The second-order valence-corrected chi connectivity index (χ2v) is 14.5. The van der Waals surface area contributed by atoms with Crippen LogP contribution in [0, 0.1) is 0 Å². The average molecular weight is 768 g/mol. The van der Waals surface area contributed by atoms with Crippen molar-refractivity contribution in [1.29, 1.82) is 0 Å². The van der Waals surface area contributed by atoms with E-state index in [0.29, 0.717) is 23.3 Å². The highest BCUT2D eigenvalue weighted by Gasteiger charge is 2.17. The Kier molecular flexibility index (Phi) is 9.88. The van der Waals surface area contributed by atoms with Crippen molar-refractivity contribution in [2.75, 3.05) is 0 Å². The third kappa shape index (κ3) is 7.51. The maximum Gasteiger partial charge on any atom is 0.164 e. The summed E-state index contributed by atoms with van der Waals surface area (Å²) in [4.78, 5) is 25.3. The number of rotatable bonds is 9. The van der Waals surface area contributed by atoms with Gasteiger partial charge in [-0.25, -0.2) is 24.9 Å². The number of hydrogen-bond donors (Lipinski definition) is 0. The summed E-state index contributed by atoms with van der Waals surface area (Å²) in [6.07, 6.45) is 0. The minimum atomic E-state index is 0.612.